The monoisotopic (exact) mass is 288 g/mol. The van der Waals surface area contributed by atoms with Crippen LogP contribution in [0.25, 0.3) is 0 Å². The number of rotatable bonds is 2. The molecule has 1 amide bonds. The van der Waals surface area contributed by atoms with Crippen molar-refractivity contribution in [3.8, 4) is 0 Å². The Morgan fingerprint density at radius 2 is 2.12 bits per heavy atom. The van der Waals surface area contributed by atoms with E-state index in [-0.39, 0.29) is 10.7 Å². The van der Waals surface area contributed by atoms with Crippen molar-refractivity contribution in [1.82, 2.24) is 9.80 Å². The van der Waals surface area contributed by atoms with Crippen molar-refractivity contribution in [2.75, 3.05) is 26.2 Å². The molecule has 2 aliphatic heterocycles. The summed E-state index contributed by atoms with van der Waals surface area (Å²) in [5.41, 5.74) is 0. The summed E-state index contributed by atoms with van der Waals surface area (Å²) in [7, 11) is 0. The molecule has 92 valence electrons. The fourth-order valence-corrected chi connectivity index (χ4v) is 3.07. The second-order valence-electron chi connectivity index (χ2n) is 4.85. The van der Waals surface area contributed by atoms with Crippen LogP contribution < -0.4 is 0 Å². The number of hydrogen-bond donors (Lipinski definition) is 0. The van der Waals surface area contributed by atoms with Gasteiger partial charge in [0.2, 0.25) is 5.91 Å². The number of halogens is 1. The molecule has 2 atom stereocenters. The number of hydrogen-bond acceptors (Lipinski definition) is 2. The lowest BCUT2D eigenvalue weighted by molar-refractivity contribution is -0.130. The summed E-state index contributed by atoms with van der Waals surface area (Å²) in [5, 5.41) is 0. The van der Waals surface area contributed by atoms with E-state index >= 15 is 0 Å². The van der Waals surface area contributed by atoms with Crippen LogP contribution in [0.4, 0.5) is 0 Å². The third-order valence-corrected chi connectivity index (χ3v) is 4.78. The first-order valence-electron chi connectivity index (χ1n) is 6.39. The van der Waals surface area contributed by atoms with Gasteiger partial charge in [-0.15, -0.1) is 0 Å². The van der Waals surface area contributed by atoms with Gasteiger partial charge in [-0.05, 0) is 32.2 Å². The van der Waals surface area contributed by atoms with Crippen LogP contribution >= 0.6 is 15.9 Å². The zero-order valence-electron chi connectivity index (χ0n) is 9.99. The van der Waals surface area contributed by atoms with Gasteiger partial charge in [-0.25, -0.2) is 0 Å². The lowest BCUT2D eigenvalue weighted by Crippen LogP contribution is -2.42. The van der Waals surface area contributed by atoms with Gasteiger partial charge in [0.05, 0.1) is 4.83 Å². The maximum Gasteiger partial charge on any atom is 0.236 e. The van der Waals surface area contributed by atoms with Gasteiger partial charge in [-0.2, -0.15) is 0 Å². The Morgan fingerprint density at radius 3 is 2.88 bits per heavy atom. The molecule has 2 heterocycles. The van der Waals surface area contributed by atoms with E-state index in [1.807, 2.05) is 0 Å². The van der Waals surface area contributed by atoms with Gasteiger partial charge in [0.1, 0.15) is 0 Å². The number of amides is 1. The van der Waals surface area contributed by atoms with Crippen molar-refractivity contribution >= 4 is 21.8 Å². The smallest absolute Gasteiger partial charge is 0.236 e. The van der Waals surface area contributed by atoms with Crippen LogP contribution in [-0.2, 0) is 4.79 Å². The van der Waals surface area contributed by atoms with E-state index in [2.05, 4.69) is 32.7 Å². The Kier molecular flexibility index (Phi) is 4.25. The van der Waals surface area contributed by atoms with Crippen LogP contribution in [0.3, 0.4) is 0 Å². The quantitative estimate of drug-likeness (QED) is 0.724. The molecule has 0 N–H and O–H groups in total. The normalized spacial score (nSPS) is 28.6. The third-order valence-electron chi connectivity index (χ3n) is 3.74. The second-order valence-corrected chi connectivity index (χ2v) is 5.95. The Morgan fingerprint density at radius 1 is 1.38 bits per heavy atom. The number of fused-ring (bicyclic) bond motifs is 1. The SMILES string of the molecule is CCC(Br)C(=O)N1CCCN2CCCC2C1. The molecule has 2 fully saturated rings. The summed E-state index contributed by atoms with van der Waals surface area (Å²) in [6.07, 6.45) is 4.58. The maximum absolute atomic E-state index is 12.1. The summed E-state index contributed by atoms with van der Waals surface area (Å²) in [6.45, 7) is 6.34. The van der Waals surface area contributed by atoms with Crippen LogP contribution in [0.15, 0.2) is 0 Å². The first-order chi connectivity index (χ1) is 7.72. The van der Waals surface area contributed by atoms with E-state index in [1.54, 1.807) is 0 Å². The Balaban J connectivity index is 1.97. The van der Waals surface area contributed by atoms with Crippen molar-refractivity contribution < 1.29 is 4.79 Å². The van der Waals surface area contributed by atoms with E-state index in [0.717, 1.165) is 25.9 Å². The molecule has 2 aliphatic rings. The van der Waals surface area contributed by atoms with Crippen molar-refractivity contribution in [2.45, 2.75) is 43.5 Å². The van der Waals surface area contributed by atoms with Crippen LogP contribution in [0.2, 0.25) is 0 Å². The number of alkyl halides is 1. The minimum Gasteiger partial charge on any atom is -0.340 e. The lowest BCUT2D eigenvalue weighted by Gasteiger charge is -2.27. The first-order valence-corrected chi connectivity index (χ1v) is 7.31. The Bertz CT molecular complexity index is 259. The molecule has 0 aromatic rings. The highest BCUT2D eigenvalue weighted by atomic mass is 79.9. The molecular formula is C12H21BrN2O. The lowest BCUT2D eigenvalue weighted by atomic mass is 10.2. The molecule has 0 bridgehead atoms. The highest BCUT2D eigenvalue weighted by molar-refractivity contribution is 9.10. The van der Waals surface area contributed by atoms with E-state index in [1.165, 1.54) is 25.9 Å². The molecule has 4 heteroatoms. The standard InChI is InChI=1S/C12H21BrN2O/c1-2-11(13)12(16)15-8-4-7-14-6-3-5-10(14)9-15/h10-11H,2-9H2,1H3. The molecule has 0 radical (unpaired) electrons. The largest absolute Gasteiger partial charge is 0.340 e. The van der Waals surface area contributed by atoms with Crippen LogP contribution in [0.1, 0.15) is 32.6 Å². The van der Waals surface area contributed by atoms with Crippen LogP contribution in [0.5, 0.6) is 0 Å². The zero-order chi connectivity index (χ0) is 11.5. The number of carbonyl (C=O) groups is 1. The van der Waals surface area contributed by atoms with Gasteiger partial charge in [0.15, 0.2) is 0 Å². The predicted molar refractivity (Wildman–Crippen MR) is 68.8 cm³/mol. The van der Waals surface area contributed by atoms with Crippen LogP contribution in [0, 0.1) is 0 Å². The van der Waals surface area contributed by atoms with E-state index in [4.69, 9.17) is 0 Å². The van der Waals surface area contributed by atoms with E-state index in [9.17, 15) is 4.79 Å². The molecule has 0 aromatic carbocycles. The second kappa shape index (κ2) is 5.50. The molecule has 0 aliphatic carbocycles. The van der Waals surface area contributed by atoms with Crippen molar-refractivity contribution in [2.24, 2.45) is 0 Å². The summed E-state index contributed by atoms with van der Waals surface area (Å²) in [4.78, 5) is 16.8. The molecule has 0 saturated carbocycles. The summed E-state index contributed by atoms with van der Waals surface area (Å²) < 4.78 is 0. The van der Waals surface area contributed by atoms with Gasteiger partial charge < -0.3 is 4.90 Å². The predicted octanol–water partition coefficient (Wildman–Crippen LogP) is 1.86. The first kappa shape index (κ1) is 12.4. The van der Waals surface area contributed by atoms with Crippen molar-refractivity contribution in [3.05, 3.63) is 0 Å². The Labute approximate surface area is 106 Å². The van der Waals surface area contributed by atoms with Crippen molar-refractivity contribution in [3.63, 3.8) is 0 Å². The maximum atomic E-state index is 12.1. The molecule has 2 unspecified atom stereocenters. The summed E-state index contributed by atoms with van der Waals surface area (Å²) in [6, 6.07) is 0.628. The van der Waals surface area contributed by atoms with E-state index < -0.39 is 0 Å². The topological polar surface area (TPSA) is 23.6 Å². The highest BCUT2D eigenvalue weighted by Gasteiger charge is 2.31. The molecule has 0 spiro atoms. The number of carbonyl (C=O) groups excluding carboxylic acids is 1. The third kappa shape index (κ3) is 2.59. The minimum atomic E-state index is 0.0143. The molecular weight excluding hydrogens is 268 g/mol. The molecule has 0 aromatic heterocycles. The van der Waals surface area contributed by atoms with Gasteiger partial charge in [-0.3, -0.25) is 9.69 Å². The van der Waals surface area contributed by atoms with Crippen LogP contribution in [-0.4, -0.2) is 52.8 Å². The molecule has 2 saturated heterocycles. The average molecular weight is 289 g/mol. The van der Waals surface area contributed by atoms with Gasteiger partial charge in [-0.1, -0.05) is 22.9 Å². The van der Waals surface area contributed by atoms with Gasteiger partial charge in [0.25, 0.3) is 0 Å². The highest BCUT2D eigenvalue weighted by Crippen LogP contribution is 2.22. The zero-order valence-corrected chi connectivity index (χ0v) is 11.6. The van der Waals surface area contributed by atoms with Gasteiger partial charge in [0, 0.05) is 25.7 Å². The average Bonchev–Trinajstić information content (AvgIpc) is 2.64. The van der Waals surface area contributed by atoms with Crippen molar-refractivity contribution in [1.29, 1.82) is 0 Å². The fourth-order valence-electron chi connectivity index (χ4n) is 2.78. The van der Waals surface area contributed by atoms with E-state index in [0.29, 0.717) is 6.04 Å². The molecule has 2 rings (SSSR count). The molecule has 3 nitrogen and oxygen atoms in total. The Hall–Kier alpha value is -0.0900. The van der Waals surface area contributed by atoms with Gasteiger partial charge >= 0.3 is 0 Å². The fraction of sp³-hybridized carbons (Fsp3) is 0.917. The molecule has 16 heavy (non-hydrogen) atoms. The summed E-state index contributed by atoms with van der Waals surface area (Å²) >= 11 is 3.47. The minimum absolute atomic E-state index is 0.0143. The number of nitrogens with zero attached hydrogens (tertiary/aromatic N) is 2. The summed E-state index contributed by atoms with van der Waals surface area (Å²) in [5.74, 6) is 0.288.